The number of carbonyl (C=O) groups is 1. The van der Waals surface area contributed by atoms with Gasteiger partial charge in [-0.3, -0.25) is 9.63 Å². The minimum atomic E-state index is -0.711. The minimum Gasteiger partial charge on any atom is -0.504 e. The number of carbonyl (C=O) groups excluding carboxylic acids is 1. The van der Waals surface area contributed by atoms with Crippen molar-refractivity contribution in [1.29, 1.82) is 0 Å². The Labute approximate surface area is 128 Å². The summed E-state index contributed by atoms with van der Waals surface area (Å²) in [5.41, 5.74) is 0.236. The van der Waals surface area contributed by atoms with Crippen LogP contribution in [0.1, 0.15) is 36.8 Å². The highest BCUT2D eigenvalue weighted by Crippen LogP contribution is 2.59. The molecule has 4 rings (SSSR count). The number of hydrogen-bond acceptors (Lipinski definition) is 6. The summed E-state index contributed by atoms with van der Waals surface area (Å²) in [5.74, 6) is 5.60. The van der Waals surface area contributed by atoms with E-state index in [9.17, 15) is 15.0 Å². The number of nitrogens with two attached hydrogens (primary N) is 1. The Morgan fingerprint density at radius 2 is 2.14 bits per heavy atom. The maximum Gasteiger partial charge on any atom is 0.161 e. The molecule has 1 aromatic carbocycles. The Hall–Kier alpha value is -1.63. The molecule has 0 radical (unpaired) electrons. The van der Waals surface area contributed by atoms with Gasteiger partial charge in [-0.25, -0.2) is 5.90 Å². The number of aromatic hydroxyl groups is 2. The number of nitrogens with one attached hydrogen (secondary N) is 1. The van der Waals surface area contributed by atoms with E-state index in [1.807, 2.05) is 6.07 Å². The minimum absolute atomic E-state index is 0.00999. The van der Waals surface area contributed by atoms with Crippen LogP contribution in [0.15, 0.2) is 12.1 Å². The number of piperidine rings is 1. The number of hydrogen-bond donors (Lipinski definition) is 4. The van der Waals surface area contributed by atoms with E-state index in [2.05, 4.69) is 5.32 Å². The predicted octanol–water partition coefficient (Wildman–Crippen LogP) is 0.636. The lowest BCUT2D eigenvalue weighted by Gasteiger charge is -2.61. The molecule has 2 aliphatic carbocycles. The van der Waals surface area contributed by atoms with E-state index >= 15 is 0 Å². The van der Waals surface area contributed by atoms with Gasteiger partial charge in [0.2, 0.25) is 0 Å². The van der Waals surface area contributed by atoms with Crippen molar-refractivity contribution in [2.45, 2.75) is 49.2 Å². The molecule has 1 aliphatic heterocycles. The van der Waals surface area contributed by atoms with Crippen LogP contribution in [-0.2, 0) is 21.5 Å². The van der Waals surface area contributed by atoms with Crippen LogP contribution in [0, 0.1) is 0 Å². The van der Waals surface area contributed by atoms with E-state index in [1.54, 1.807) is 0 Å². The number of benzene rings is 1. The smallest absolute Gasteiger partial charge is 0.161 e. The highest BCUT2D eigenvalue weighted by Gasteiger charge is 2.65. The fourth-order valence-electron chi connectivity index (χ4n) is 5.03. The van der Waals surface area contributed by atoms with Crippen LogP contribution in [0.4, 0.5) is 0 Å². The standard InChI is InChI=1S/C16H20N2O4/c17-22-16-4-3-10(19)8-15(16)5-6-18-12(16)7-9-1-2-11(20)14(21)13(9)15/h1-2,12,18,20-21H,3-8,17H2/t12-,15-,16-/m1/s1. The SMILES string of the molecule is NO[C@@]12CCC(=O)C[C@@]13CCN[C@@H]2Cc1ccc(O)c(O)c13. The number of fused-ring (bicyclic) bond motifs is 1. The Kier molecular flexibility index (Phi) is 2.82. The zero-order valence-corrected chi connectivity index (χ0v) is 12.3. The molecule has 6 nitrogen and oxygen atoms in total. The van der Waals surface area contributed by atoms with Gasteiger partial charge in [-0.05, 0) is 37.4 Å². The van der Waals surface area contributed by atoms with Crippen molar-refractivity contribution in [2.75, 3.05) is 6.54 Å². The molecule has 1 heterocycles. The molecular weight excluding hydrogens is 284 g/mol. The second kappa shape index (κ2) is 4.44. The van der Waals surface area contributed by atoms with E-state index in [4.69, 9.17) is 10.7 Å². The van der Waals surface area contributed by atoms with E-state index in [0.29, 0.717) is 37.7 Å². The molecule has 118 valence electrons. The molecule has 0 unspecified atom stereocenters. The van der Waals surface area contributed by atoms with Crippen LogP contribution in [0.3, 0.4) is 0 Å². The largest absolute Gasteiger partial charge is 0.504 e. The lowest BCUT2D eigenvalue weighted by molar-refractivity contribution is -0.176. The molecule has 1 aromatic rings. The van der Waals surface area contributed by atoms with Gasteiger partial charge in [0.15, 0.2) is 11.5 Å². The summed E-state index contributed by atoms with van der Waals surface area (Å²) in [6.45, 7) is 0.734. The molecule has 5 N–H and O–H groups in total. The van der Waals surface area contributed by atoms with Crippen molar-refractivity contribution in [3.63, 3.8) is 0 Å². The summed E-state index contributed by atoms with van der Waals surface area (Å²) in [5, 5.41) is 23.9. The summed E-state index contributed by atoms with van der Waals surface area (Å²) in [7, 11) is 0. The second-order valence-corrected chi connectivity index (χ2v) is 6.73. The van der Waals surface area contributed by atoms with Crippen molar-refractivity contribution in [2.24, 2.45) is 5.90 Å². The third-order valence-electron chi connectivity index (χ3n) is 5.95. The lowest BCUT2D eigenvalue weighted by atomic mass is 9.49. The number of rotatable bonds is 1. The van der Waals surface area contributed by atoms with Crippen molar-refractivity contribution in [1.82, 2.24) is 5.32 Å². The molecule has 3 aliphatic rings. The van der Waals surface area contributed by atoms with Gasteiger partial charge in [0.1, 0.15) is 11.4 Å². The summed E-state index contributed by atoms with van der Waals surface area (Å²) in [6, 6.07) is 3.34. The zero-order valence-electron chi connectivity index (χ0n) is 12.3. The van der Waals surface area contributed by atoms with Crippen molar-refractivity contribution in [3.05, 3.63) is 23.3 Å². The average Bonchev–Trinajstić information content (AvgIpc) is 2.50. The van der Waals surface area contributed by atoms with Crippen LogP contribution in [0.25, 0.3) is 0 Å². The number of ketones is 1. The van der Waals surface area contributed by atoms with Crippen molar-refractivity contribution < 1.29 is 19.8 Å². The highest BCUT2D eigenvalue weighted by atomic mass is 16.6. The molecule has 2 bridgehead atoms. The van der Waals surface area contributed by atoms with Crippen LogP contribution in [-0.4, -0.2) is 34.2 Å². The van der Waals surface area contributed by atoms with Crippen LogP contribution in [0.2, 0.25) is 0 Å². The highest BCUT2D eigenvalue weighted by molar-refractivity contribution is 5.83. The van der Waals surface area contributed by atoms with Gasteiger partial charge < -0.3 is 15.5 Å². The van der Waals surface area contributed by atoms with Gasteiger partial charge in [0.25, 0.3) is 0 Å². The van der Waals surface area contributed by atoms with Gasteiger partial charge in [-0.1, -0.05) is 6.07 Å². The second-order valence-electron chi connectivity index (χ2n) is 6.73. The van der Waals surface area contributed by atoms with Gasteiger partial charge >= 0.3 is 0 Å². The normalized spacial score (nSPS) is 36.6. The first-order chi connectivity index (χ1) is 10.5. The molecule has 2 fully saturated rings. The fourth-order valence-corrected chi connectivity index (χ4v) is 5.03. The van der Waals surface area contributed by atoms with Gasteiger partial charge in [0, 0.05) is 29.9 Å². The average molecular weight is 304 g/mol. The molecule has 6 heteroatoms. The summed E-state index contributed by atoms with van der Waals surface area (Å²) < 4.78 is 0. The number of phenols is 2. The van der Waals surface area contributed by atoms with Crippen molar-refractivity contribution >= 4 is 5.78 Å². The molecule has 1 saturated heterocycles. The fraction of sp³-hybridized carbons (Fsp3) is 0.562. The lowest BCUT2D eigenvalue weighted by Crippen LogP contribution is -2.74. The van der Waals surface area contributed by atoms with E-state index in [0.717, 1.165) is 12.1 Å². The third kappa shape index (κ3) is 1.47. The Morgan fingerprint density at radius 1 is 1.32 bits per heavy atom. The Balaban J connectivity index is 2.03. The first-order valence-corrected chi connectivity index (χ1v) is 7.71. The summed E-state index contributed by atoms with van der Waals surface area (Å²) in [6.07, 6.45) is 2.58. The Bertz CT molecular complexity index is 662. The molecule has 3 atom stereocenters. The quantitative estimate of drug-likeness (QED) is 0.448. The van der Waals surface area contributed by atoms with Gasteiger partial charge in [-0.15, -0.1) is 0 Å². The molecular formula is C16H20N2O4. The zero-order chi connectivity index (χ0) is 15.5. The Morgan fingerprint density at radius 3 is 2.91 bits per heavy atom. The maximum atomic E-state index is 12.2. The van der Waals surface area contributed by atoms with Crippen LogP contribution >= 0.6 is 0 Å². The summed E-state index contributed by atoms with van der Waals surface area (Å²) >= 11 is 0. The molecule has 1 saturated carbocycles. The van der Waals surface area contributed by atoms with E-state index < -0.39 is 11.0 Å². The number of Topliss-reactive ketones (excluding diaryl/α,β-unsaturated/α-hetero) is 1. The molecule has 0 spiro atoms. The topological polar surface area (TPSA) is 105 Å². The summed E-state index contributed by atoms with van der Waals surface area (Å²) in [4.78, 5) is 17.7. The molecule has 0 amide bonds. The first-order valence-electron chi connectivity index (χ1n) is 7.71. The van der Waals surface area contributed by atoms with Crippen molar-refractivity contribution in [3.8, 4) is 11.5 Å². The third-order valence-corrected chi connectivity index (χ3v) is 5.95. The van der Waals surface area contributed by atoms with Gasteiger partial charge in [-0.2, -0.15) is 0 Å². The van der Waals surface area contributed by atoms with Gasteiger partial charge in [0.05, 0.1) is 0 Å². The monoisotopic (exact) mass is 304 g/mol. The molecule has 22 heavy (non-hydrogen) atoms. The molecule has 0 aromatic heterocycles. The maximum absolute atomic E-state index is 12.2. The van der Waals surface area contributed by atoms with Crippen LogP contribution in [0.5, 0.6) is 11.5 Å². The first kappa shape index (κ1) is 14.0. The van der Waals surface area contributed by atoms with Crippen LogP contribution < -0.4 is 11.2 Å². The van der Waals surface area contributed by atoms with E-state index in [-0.39, 0.29) is 23.3 Å². The predicted molar refractivity (Wildman–Crippen MR) is 78.4 cm³/mol. The number of phenolic OH excluding ortho intramolecular Hbond substituents is 2. The van der Waals surface area contributed by atoms with E-state index in [1.165, 1.54) is 6.07 Å².